The van der Waals surface area contributed by atoms with Crippen molar-refractivity contribution in [1.29, 1.82) is 0 Å². The minimum atomic E-state index is 0.889. The molecule has 0 aliphatic carbocycles. The summed E-state index contributed by atoms with van der Waals surface area (Å²) in [5.74, 6) is 0. The molecule has 2 aromatic rings. The van der Waals surface area contributed by atoms with E-state index in [1.165, 1.54) is 11.3 Å². The van der Waals surface area contributed by atoms with E-state index in [1.807, 2.05) is 12.4 Å². The quantitative estimate of drug-likeness (QED) is 0.743. The third-order valence-corrected chi connectivity index (χ3v) is 2.36. The second-order valence-corrected chi connectivity index (χ2v) is 3.36. The molecule has 0 atom stereocenters. The van der Waals surface area contributed by atoms with Gasteiger partial charge in [0.25, 0.3) is 0 Å². The molecule has 0 aromatic carbocycles. The van der Waals surface area contributed by atoms with Crippen molar-refractivity contribution in [3.8, 4) is 0 Å². The second kappa shape index (κ2) is 3.45. The summed E-state index contributed by atoms with van der Waals surface area (Å²) in [5, 5.41) is 7.49. The molecule has 0 bridgehead atoms. The van der Waals surface area contributed by atoms with Crippen LogP contribution in [0.15, 0.2) is 35.3 Å². The standard InChI is InChI=1S/C9H10N2S/c1-3-10-5-8(1)6-11-9-2-4-12-7-9/h1-5,7,10-11H,6H2. The topological polar surface area (TPSA) is 27.8 Å². The first kappa shape index (κ1) is 7.43. The Morgan fingerprint density at radius 3 is 3.08 bits per heavy atom. The lowest BCUT2D eigenvalue weighted by Crippen LogP contribution is -1.95. The Morgan fingerprint density at radius 2 is 2.42 bits per heavy atom. The van der Waals surface area contributed by atoms with E-state index in [-0.39, 0.29) is 0 Å². The number of nitrogens with one attached hydrogen (secondary N) is 2. The summed E-state index contributed by atoms with van der Waals surface area (Å²) in [7, 11) is 0. The lowest BCUT2D eigenvalue weighted by atomic mass is 10.3. The van der Waals surface area contributed by atoms with Gasteiger partial charge >= 0.3 is 0 Å². The van der Waals surface area contributed by atoms with E-state index < -0.39 is 0 Å². The number of thiophene rings is 1. The average molecular weight is 178 g/mol. The molecule has 12 heavy (non-hydrogen) atoms. The van der Waals surface area contributed by atoms with Crippen molar-refractivity contribution in [2.24, 2.45) is 0 Å². The average Bonchev–Trinajstić information content (AvgIpc) is 2.74. The molecule has 62 valence electrons. The normalized spacial score (nSPS) is 10.0. The maximum atomic E-state index is 3.32. The second-order valence-electron chi connectivity index (χ2n) is 2.58. The largest absolute Gasteiger partial charge is 0.380 e. The van der Waals surface area contributed by atoms with Gasteiger partial charge in [0.1, 0.15) is 0 Å². The number of hydrogen-bond donors (Lipinski definition) is 2. The smallest absolute Gasteiger partial charge is 0.0451 e. The van der Waals surface area contributed by atoms with Crippen LogP contribution in [0.25, 0.3) is 0 Å². The first-order chi connectivity index (χ1) is 5.95. The minimum Gasteiger partial charge on any atom is -0.380 e. The molecular weight excluding hydrogens is 168 g/mol. The van der Waals surface area contributed by atoms with Crippen molar-refractivity contribution in [3.63, 3.8) is 0 Å². The number of aromatic nitrogens is 1. The van der Waals surface area contributed by atoms with Crippen LogP contribution in [0.4, 0.5) is 5.69 Å². The molecular formula is C9H10N2S. The highest BCUT2D eigenvalue weighted by Gasteiger charge is 1.92. The zero-order chi connectivity index (χ0) is 8.23. The van der Waals surface area contributed by atoms with Gasteiger partial charge in [-0.05, 0) is 23.1 Å². The van der Waals surface area contributed by atoms with Crippen LogP contribution in [0.2, 0.25) is 0 Å². The fourth-order valence-corrected chi connectivity index (χ4v) is 1.65. The van der Waals surface area contributed by atoms with Gasteiger partial charge < -0.3 is 10.3 Å². The Hall–Kier alpha value is -1.22. The van der Waals surface area contributed by atoms with E-state index in [1.54, 1.807) is 11.3 Å². The number of rotatable bonds is 3. The third kappa shape index (κ3) is 1.68. The molecule has 0 unspecified atom stereocenters. The van der Waals surface area contributed by atoms with Crippen LogP contribution in [0.1, 0.15) is 5.56 Å². The minimum absolute atomic E-state index is 0.889. The summed E-state index contributed by atoms with van der Waals surface area (Å²) in [6, 6.07) is 4.15. The highest BCUT2D eigenvalue weighted by molar-refractivity contribution is 7.08. The van der Waals surface area contributed by atoms with Gasteiger partial charge in [0.2, 0.25) is 0 Å². The lowest BCUT2D eigenvalue weighted by Gasteiger charge is -1.99. The van der Waals surface area contributed by atoms with Gasteiger partial charge in [-0.2, -0.15) is 11.3 Å². The molecule has 0 spiro atoms. The SMILES string of the molecule is c1cc(CNc2ccsc2)c[nH]1. The van der Waals surface area contributed by atoms with Gasteiger partial charge in [0.15, 0.2) is 0 Å². The van der Waals surface area contributed by atoms with E-state index in [0.29, 0.717) is 0 Å². The van der Waals surface area contributed by atoms with Gasteiger partial charge in [-0.1, -0.05) is 0 Å². The van der Waals surface area contributed by atoms with E-state index in [2.05, 4.69) is 33.2 Å². The summed E-state index contributed by atoms with van der Waals surface area (Å²) in [5.41, 5.74) is 2.47. The van der Waals surface area contributed by atoms with Crippen molar-refractivity contribution < 1.29 is 0 Å². The lowest BCUT2D eigenvalue weighted by molar-refractivity contribution is 1.16. The van der Waals surface area contributed by atoms with E-state index >= 15 is 0 Å². The fourth-order valence-electron chi connectivity index (χ4n) is 1.04. The maximum absolute atomic E-state index is 3.32. The van der Waals surface area contributed by atoms with Crippen LogP contribution < -0.4 is 5.32 Å². The first-order valence-corrected chi connectivity index (χ1v) is 4.77. The van der Waals surface area contributed by atoms with Gasteiger partial charge in [-0.25, -0.2) is 0 Å². The van der Waals surface area contributed by atoms with Gasteiger partial charge in [-0.15, -0.1) is 0 Å². The Balaban J connectivity index is 1.91. The number of aromatic amines is 1. The van der Waals surface area contributed by atoms with Gasteiger partial charge in [-0.3, -0.25) is 0 Å². The third-order valence-electron chi connectivity index (χ3n) is 1.68. The number of H-pyrrole nitrogens is 1. The molecule has 3 heteroatoms. The summed E-state index contributed by atoms with van der Waals surface area (Å²) >= 11 is 1.71. The van der Waals surface area contributed by atoms with Crippen LogP contribution in [0, 0.1) is 0 Å². The van der Waals surface area contributed by atoms with Crippen molar-refractivity contribution in [2.45, 2.75) is 6.54 Å². The molecule has 2 N–H and O–H groups in total. The number of anilines is 1. The van der Waals surface area contributed by atoms with Crippen LogP contribution >= 0.6 is 11.3 Å². The molecule has 0 aliphatic heterocycles. The Labute approximate surface area is 75.3 Å². The maximum Gasteiger partial charge on any atom is 0.0451 e. The number of hydrogen-bond acceptors (Lipinski definition) is 2. The Kier molecular flexibility index (Phi) is 2.14. The molecule has 0 amide bonds. The van der Waals surface area contributed by atoms with Crippen LogP contribution in [-0.4, -0.2) is 4.98 Å². The molecule has 2 rings (SSSR count). The van der Waals surface area contributed by atoms with Crippen molar-refractivity contribution >= 4 is 17.0 Å². The summed E-state index contributed by atoms with van der Waals surface area (Å²) in [6.07, 6.45) is 3.93. The predicted octanol–water partition coefficient (Wildman–Crippen LogP) is 2.69. The highest BCUT2D eigenvalue weighted by Crippen LogP contribution is 2.12. The van der Waals surface area contributed by atoms with Crippen molar-refractivity contribution in [2.75, 3.05) is 5.32 Å². The zero-order valence-electron chi connectivity index (χ0n) is 6.58. The molecule has 0 aliphatic rings. The van der Waals surface area contributed by atoms with Crippen molar-refractivity contribution in [1.82, 2.24) is 4.98 Å². The molecule has 2 nitrogen and oxygen atoms in total. The molecule has 2 heterocycles. The monoisotopic (exact) mass is 178 g/mol. The Bertz CT molecular complexity index is 276. The van der Waals surface area contributed by atoms with Crippen LogP contribution in [0.3, 0.4) is 0 Å². The molecule has 0 fully saturated rings. The molecule has 0 radical (unpaired) electrons. The van der Waals surface area contributed by atoms with E-state index in [0.717, 1.165) is 6.54 Å². The zero-order valence-corrected chi connectivity index (χ0v) is 7.40. The summed E-state index contributed by atoms with van der Waals surface area (Å²) in [4.78, 5) is 3.02. The van der Waals surface area contributed by atoms with Crippen LogP contribution in [-0.2, 0) is 6.54 Å². The van der Waals surface area contributed by atoms with Gasteiger partial charge in [0.05, 0.1) is 0 Å². The van der Waals surface area contributed by atoms with Crippen LogP contribution in [0.5, 0.6) is 0 Å². The summed E-state index contributed by atoms with van der Waals surface area (Å²) < 4.78 is 0. The van der Waals surface area contributed by atoms with E-state index in [4.69, 9.17) is 0 Å². The van der Waals surface area contributed by atoms with Crippen molar-refractivity contribution in [3.05, 3.63) is 40.8 Å². The van der Waals surface area contributed by atoms with Gasteiger partial charge in [0, 0.05) is 30.0 Å². The highest BCUT2D eigenvalue weighted by atomic mass is 32.1. The predicted molar refractivity (Wildman–Crippen MR) is 52.4 cm³/mol. The van der Waals surface area contributed by atoms with E-state index in [9.17, 15) is 0 Å². The fraction of sp³-hybridized carbons (Fsp3) is 0.111. The summed E-state index contributed by atoms with van der Waals surface area (Å²) in [6.45, 7) is 0.889. The molecule has 2 aromatic heterocycles. The first-order valence-electron chi connectivity index (χ1n) is 3.83. The molecule has 0 saturated heterocycles. The Morgan fingerprint density at radius 1 is 1.42 bits per heavy atom. The molecule has 0 saturated carbocycles.